The van der Waals surface area contributed by atoms with E-state index in [4.69, 9.17) is 0 Å². The third-order valence-electron chi connectivity index (χ3n) is 16.9. The van der Waals surface area contributed by atoms with Crippen LogP contribution in [0.5, 0.6) is 0 Å². The molecule has 2 heterocycles. The van der Waals surface area contributed by atoms with Crippen LogP contribution in [-0.4, -0.2) is 113 Å². The summed E-state index contributed by atoms with van der Waals surface area (Å²) in [6, 6.07) is -3.00. The average molecular weight is 884 g/mol. The predicted molar refractivity (Wildman–Crippen MR) is 245 cm³/mol. The van der Waals surface area contributed by atoms with Gasteiger partial charge in [0.15, 0.2) is 0 Å². The van der Waals surface area contributed by atoms with Crippen LogP contribution < -0.4 is 16.0 Å². The highest BCUT2D eigenvalue weighted by Gasteiger charge is 2.85. The van der Waals surface area contributed by atoms with Gasteiger partial charge in [-0.25, -0.2) is 0 Å². The molecular formula is C48H81N7O6S. The zero-order valence-electron chi connectivity index (χ0n) is 40.1. The molecule has 4 amide bonds. The monoisotopic (exact) mass is 884 g/mol. The highest BCUT2D eigenvalue weighted by molar-refractivity contribution is 7.88. The van der Waals surface area contributed by atoms with Crippen LogP contribution in [0.2, 0.25) is 0 Å². The molecule has 4 saturated carbocycles. The van der Waals surface area contributed by atoms with Gasteiger partial charge in [-0.1, -0.05) is 86.6 Å². The Bertz CT molecular complexity index is 1860. The fraction of sp³-hybridized carbons (Fsp3) is 0.854. The van der Waals surface area contributed by atoms with Gasteiger partial charge in [0.1, 0.15) is 18.1 Å². The summed E-state index contributed by atoms with van der Waals surface area (Å²) in [6.45, 7) is 27.4. The van der Waals surface area contributed by atoms with Gasteiger partial charge in [0.05, 0.1) is 17.3 Å². The lowest BCUT2D eigenvalue weighted by atomic mass is 9.73. The Hall–Kier alpha value is -2.84. The summed E-state index contributed by atoms with van der Waals surface area (Å²) in [6.07, 6.45) is 13.7. The molecule has 7 unspecified atom stereocenters. The number of rotatable bonds is 16. The Morgan fingerprint density at radius 2 is 1.52 bits per heavy atom. The van der Waals surface area contributed by atoms with Crippen LogP contribution in [-0.2, 0) is 29.4 Å². The molecule has 0 aromatic rings. The lowest BCUT2D eigenvalue weighted by Gasteiger charge is -2.40. The summed E-state index contributed by atoms with van der Waals surface area (Å²) < 4.78 is 33.1. The standard InChI is InChI=1S/C48H81N7O6S/c1-13-34-28-48(34,37(14-2)52-62(60,61)55(15-3)32(6)7)51-41(57)36-29-47(45(11,12)46(47)25-21-26-46)30-54(36)43(59)39(44(8,9)10)50-42(58)38(33-22-17-16-18-23-33)49-40(56)35-24-19-20-27-53(35)31(4)5/h13,31-36,38-39H,1,14-30H2,2-12H3,(H,49,56)(H,50,58)(H,51,57). The molecule has 0 bridgehead atoms. The number of carbonyl (C=O) groups excluding carboxylic acids is 4. The Labute approximate surface area is 374 Å². The van der Waals surface area contributed by atoms with E-state index < -0.39 is 39.3 Å². The highest BCUT2D eigenvalue weighted by Crippen LogP contribution is 2.88. The van der Waals surface area contributed by atoms with Crippen LogP contribution in [0.4, 0.5) is 0 Å². The molecule has 350 valence electrons. The highest BCUT2D eigenvalue weighted by atomic mass is 32.2. The number of amides is 4. The van der Waals surface area contributed by atoms with Crippen LogP contribution in [0.15, 0.2) is 17.1 Å². The lowest BCUT2D eigenvalue weighted by Crippen LogP contribution is -2.63. The number of fused-ring (bicyclic) bond motifs is 1. The summed E-state index contributed by atoms with van der Waals surface area (Å²) in [5.74, 6) is -1.38. The van der Waals surface area contributed by atoms with Crippen molar-refractivity contribution in [2.24, 2.45) is 37.9 Å². The van der Waals surface area contributed by atoms with E-state index in [1.54, 1.807) is 17.9 Å². The molecule has 62 heavy (non-hydrogen) atoms. The average Bonchev–Trinajstić information content (AvgIpc) is 3.91. The van der Waals surface area contributed by atoms with Crippen molar-refractivity contribution in [3.05, 3.63) is 12.7 Å². The van der Waals surface area contributed by atoms with E-state index >= 15 is 9.59 Å². The molecule has 2 spiro atoms. The number of piperidine rings is 1. The maximum absolute atomic E-state index is 15.4. The summed E-state index contributed by atoms with van der Waals surface area (Å²) in [4.78, 5) is 63.4. The number of carbonyl (C=O) groups is 4. The predicted octanol–water partition coefficient (Wildman–Crippen LogP) is 6.53. The molecule has 7 atom stereocenters. The van der Waals surface area contributed by atoms with E-state index in [1.165, 1.54) is 4.31 Å². The van der Waals surface area contributed by atoms with E-state index in [2.05, 4.69) is 59.5 Å². The van der Waals surface area contributed by atoms with E-state index in [-0.39, 0.29) is 76.4 Å². The first-order valence-corrected chi connectivity index (χ1v) is 25.6. The van der Waals surface area contributed by atoms with Gasteiger partial charge in [-0.2, -0.15) is 17.1 Å². The zero-order chi connectivity index (χ0) is 45.8. The summed E-state index contributed by atoms with van der Waals surface area (Å²) in [5.41, 5.74) is -1.75. The summed E-state index contributed by atoms with van der Waals surface area (Å²) >= 11 is 0. The van der Waals surface area contributed by atoms with E-state index in [9.17, 15) is 18.0 Å². The first-order chi connectivity index (χ1) is 29.0. The van der Waals surface area contributed by atoms with Crippen molar-refractivity contribution in [2.75, 3.05) is 19.6 Å². The van der Waals surface area contributed by atoms with Gasteiger partial charge < -0.3 is 20.9 Å². The van der Waals surface area contributed by atoms with Gasteiger partial charge in [0.2, 0.25) is 23.6 Å². The molecule has 0 aromatic carbocycles. The van der Waals surface area contributed by atoms with E-state index in [0.717, 1.165) is 77.2 Å². The maximum Gasteiger partial charge on any atom is 0.322 e. The van der Waals surface area contributed by atoms with Crippen molar-refractivity contribution in [1.29, 1.82) is 0 Å². The maximum atomic E-state index is 15.4. The molecule has 4 aliphatic carbocycles. The fourth-order valence-corrected chi connectivity index (χ4v) is 14.5. The molecule has 0 radical (unpaired) electrons. The number of hydrogen-bond donors (Lipinski definition) is 3. The second kappa shape index (κ2) is 17.9. The van der Waals surface area contributed by atoms with Crippen LogP contribution in [0.25, 0.3) is 0 Å². The smallest absolute Gasteiger partial charge is 0.322 e. The topological polar surface area (TPSA) is 161 Å². The summed E-state index contributed by atoms with van der Waals surface area (Å²) in [5, 5.41) is 9.75. The van der Waals surface area contributed by atoms with Gasteiger partial charge >= 0.3 is 10.2 Å². The van der Waals surface area contributed by atoms with Crippen molar-refractivity contribution in [1.82, 2.24) is 30.1 Å². The molecule has 3 N–H and O–H groups in total. The largest absolute Gasteiger partial charge is 0.343 e. The number of nitrogens with zero attached hydrogens (tertiary/aromatic N) is 4. The summed E-state index contributed by atoms with van der Waals surface area (Å²) in [7, 11) is -4.05. The Balaban J connectivity index is 1.31. The normalized spacial score (nSPS) is 30.9. The van der Waals surface area contributed by atoms with Crippen molar-refractivity contribution in [3.63, 3.8) is 0 Å². The van der Waals surface area contributed by atoms with E-state index in [1.807, 2.05) is 41.5 Å². The molecule has 0 aromatic heterocycles. The SMILES string of the molecule is C=CC1CC1(NC(=O)C1CC2(CN1C(=O)C(NC(=O)C(NC(=O)C1CCCCN1C(C)C)C1CCCCC1)C(C)(C)C)C(C)(C)C21CCC1)C(CC)=NS(=O)(=O)N(CC)C(C)C. The Morgan fingerprint density at radius 1 is 0.871 bits per heavy atom. The van der Waals surface area contributed by atoms with Gasteiger partial charge in [0, 0.05) is 36.5 Å². The third-order valence-corrected chi connectivity index (χ3v) is 18.6. The second-order valence-corrected chi connectivity index (χ2v) is 23.6. The number of hydrogen-bond acceptors (Lipinski definition) is 7. The minimum absolute atomic E-state index is 0.0267. The quantitative estimate of drug-likeness (QED) is 0.117. The lowest BCUT2D eigenvalue weighted by molar-refractivity contribution is -0.145. The number of likely N-dealkylation sites (tertiary alicyclic amines) is 2. The van der Waals surface area contributed by atoms with Gasteiger partial charge in [-0.3, -0.25) is 24.1 Å². The van der Waals surface area contributed by atoms with Crippen molar-refractivity contribution in [3.8, 4) is 0 Å². The van der Waals surface area contributed by atoms with Gasteiger partial charge in [0.25, 0.3) is 0 Å². The zero-order valence-corrected chi connectivity index (χ0v) is 40.9. The third kappa shape index (κ3) is 8.44. The molecular weight excluding hydrogens is 803 g/mol. The molecule has 6 aliphatic rings. The molecule has 13 nitrogen and oxygen atoms in total. The van der Waals surface area contributed by atoms with Crippen LogP contribution in [0.3, 0.4) is 0 Å². The fourth-order valence-electron chi connectivity index (χ4n) is 12.9. The van der Waals surface area contributed by atoms with Crippen LogP contribution in [0, 0.1) is 33.5 Å². The minimum atomic E-state index is -4.05. The first kappa shape index (κ1) is 48.6. The second-order valence-electron chi connectivity index (χ2n) is 22.0. The van der Waals surface area contributed by atoms with Gasteiger partial charge in [-0.15, -0.1) is 6.58 Å². The van der Waals surface area contributed by atoms with Crippen LogP contribution in [0.1, 0.15) is 166 Å². The Morgan fingerprint density at radius 3 is 2.02 bits per heavy atom. The number of nitrogens with one attached hydrogen (secondary N) is 3. The molecule has 14 heteroatoms. The molecule has 2 aliphatic heterocycles. The molecule has 2 saturated heterocycles. The van der Waals surface area contributed by atoms with Gasteiger partial charge in [-0.05, 0) is 114 Å². The van der Waals surface area contributed by atoms with Crippen LogP contribution >= 0.6 is 0 Å². The molecule has 6 rings (SSSR count). The Kier molecular flexibility index (Phi) is 14.0. The van der Waals surface area contributed by atoms with Crippen molar-refractivity contribution in [2.45, 2.75) is 208 Å². The first-order valence-electron chi connectivity index (χ1n) is 24.2. The van der Waals surface area contributed by atoms with E-state index in [0.29, 0.717) is 31.5 Å². The molecule has 6 fully saturated rings. The van der Waals surface area contributed by atoms with Crippen molar-refractivity contribution < 1.29 is 27.6 Å². The van der Waals surface area contributed by atoms with Crippen molar-refractivity contribution >= 4 is 39.5 Å². The minimum Gasteiger partial charge on any atom is -0.343 e.